The van der Waals surface area contributed by atoms with Gasteiger partial charge in [-0.05, 0) is 35.4 Å². The van der Waals surface area contributed by atoms with Gasteiger partial charge in [0.05, 0.1) is 19.6 Å². The highest BCUT2D eigenvalue weighted by atomic mass is 16.5. The van der Waals surface area contributed by atoms with Crippen molar-refractivity contribution in [3.63, 3.8) is 0 Å². The SMILES string of the molecule is CC(=O)Nc1ccc(CC(=O)NCc2ccc(C(=O)N3CCOCC3)cc2)cc1. The van der Waals surface area contributed by atoms with E-state index in [4.69, 9.17) is 4.74 Å². The zero-order chi connectivity index (χ0) is 20.6. The van der Waals surface area contributed by atoms with Gasteiger partial charge in [-0.15, -0.1) is 0 Å². The lowest BCUT2D eigenvalue weighted by atomic mass is 10.1. The van der Waals surface area contributed by atoms with Crippen LogP contribution in [0, 0.1) is 0 Å². The summed E-state index contributed by atoms with van der Waals surface area (Å²) in [6.07, 6.45) is 0.258. The Kier molecular flexibility index (Phi) is 6.97. The number of anilines is 1. The van der Waals surface area contributed by atoms with E-state index in [9.17, 15) is 14.4 Å². The minimum Gasteiger partial charge on any atom is -0.378 e. The minimum absolute atomic E-state index is 0.00611. The first-order valence-corrected chi connectivity index (χ1v) is 9.60. The van der Waals surface area contributed by atoms with Gasteiger partial charge in [-0.3, -0.25) is 14.4 Å². The Balaban J connectivity index is 1.47. The number of rotatable bonds is 6. The summed E-state index contributed by atoms with van der Waals surface area (Å²) < 4.78 is 5.27. The summed E-state index contributed by atoms with van der Waals surface area (Å²) in [5, 5.41) is 5.58. The van der Waals surface area contributed by atoms with Crippen LogP contribution >= 0.6 is 0 Å². The van der Waals surface area contributed by atoms with Crippen LogP contribution in [0.3, 0.4) is 0 Å². The normalized spacial score (nSPS) is 13.6. The van der Waals surface area contributed by atoms with E-state index in [0.717, 1.165) is 11.1 Å². The summed E-state index contributed by atoms with van der Waals surface area (Å²) in [6.45, 7) is 4.23. The maximum absolute atomic E-state index is 12.4. The van der Waals surface area contributed by atoms with Gasteiger partial charge in [-0.1, -0.05) is 24.3 Å². The monoisotopic (exact) mass is 395 g/mol. The number of hydrogen-bond acceptors (Lipinski definition) is 4. The molecule has 1 aliphatic heterocycles. The molecule has 3 rings (SSSR count). The molecule has 7 nitrogen and oxygen atoms in total. The molecule has 1 aliphatic rings. The number of carbonyl (C=O) groups excluding carboxylic acids is 3. The van der Waals surface area contributed by atoms with Gasteiger partial charge in [0.2, 0.25) is 11.8 Å². The van der Waals surface area contributed by atoms with Crippen molar-refractivity contribution >= 4 is 23.4 Å². The number of nitrogens with one attached hydrogen (secondary N) is 2. The highest BCUT2D eigenvalue weighted by molar-refractivity contribution is 5.94. The summed E-state index contributed by atoms with van der Waals surface area (Å²) in [5.74, 6) is -0.217. The first-order chi connectivity index (χ1) is 14.0. The summed E-state index contributed by atoms with van der Waals surface area (Å²) in [5.41, 5.74) is 3.13. The third kappa shape index (κ3) is 6.15. The summed E-state index contributed by atoms with van der Waals surface area (Å²) in [4.78, 5) is 37.4. The molecule has 0 unspecified atom stereocenters. The molecular weight excluding hydrogens is 370 g/mol. The molecule has 29 heavy (non-hydrogen) atoms. The van der Waals surface area contributed by atoms with Crippen LogP contribution in [0.2, 0.25) is 0 Å². The Morgan fingerprint density at radius 2 is 1.55 bits per heavy atom. The van der Waals surface area contributed by atoms with E-state index in [-0.39, 0.29) is 24.1 Å². The number of hydrogen-bond donors (Lipinski definition) is 2. The van der Waals surface area contributed by atoms with Crippen LogP contribution in [0.15, 0.2) is 48.5 Å². The van der Waals surface area contributed by atoms with Gasteiger partial charge in [-0.25, -0.2) is 0 Å². The van der Waals surface area contributed by atoms with Crippen LogP contribution in [-0.4, -0.2) is 48.9 Å². The van der Waals surface area contributed by atoms with E-state index in [2.05, 4.69) is 10.6 Å². The molecular formula is C22H25N3O4. The van der Waals surface area contributed by atoms with Crippen LogP contribution < -0.4 is 10.6 Å². The average Bonchev–Trinajstić information content (AvgIpc) is 2.74. The van der Waals surface area contributed by atoms with Crippen LogP contribution in [0.1, 0.15) is 28.4 Å². The van der Waals surface area contributed by atoms with Gasteiger partial charge in [0, 0.05) is 37.8 Å². The number of amides is 3. The van der Waals surface area contributed by atoms with Crippen molar-refractivity contribution in [2.75, 3.05) is 31.6 Å². The molecule has 2 N–H and O–H groups in total. The topological polar surface area (TPSA) is 87.7 Å². The number of ether oxygens (including phenoxy) is 1. The Bertz CT molecular complexity index is 857. The molecule has 1 heterocycles. The van der Waals surface area contributed by atoms with Gasteiger partial charge in [0.25, 0.3) is 5.91 Å². The van der Waals surface area contributed by atoms with E-state index in [1.807, 2.05) is 24.3 Å². The molecule has 3 amide bonds. The molecule has 0 radical (unpaired) electrons. The van der Waals surface area contributed by atoms with Gasteiger partial charge in [-0.2, -0.15) is 0 Å². The van der Waals surface area contributed by atoms with E-state index in [0.29, 0.717) is 44.1 Å². The fourth-order valence-corrected chi connectivity index (χ4v) is 3.07. The minimum atomic E-state index is -0.131. The van der Waals surface area contributed by atoms with Crippen LogP contribution in [-0.2, 0) is 27.3 Å². The van der Waals surface area contributed by atoms with Crippen LogP contribution in [0.5, 0.6) is 0 Å². The third-order valence-corrected chi connectivity index (χ3v) is 4.63. The molecule has 152 valence electrons. The lowest BCUT2D eigenvalue weighted by Crippen LogP contribution is -2.40. The second kappa shape index (κ2) is 9.84. The van der Waals surface area contributed by atoms with Crippen molar-refractivity contribution in [1.82, 2.24) is 10.2 Å². The predicted molar refractivity (Wildman–Crippen MR) is 109 cm³/mol. The molecule has 0 atom stereocenters. The molecule has 1 saturated heterocycles. The fourth-order valence-electron chi connectivity index (χ4n) is 3.07. The van der Waals surface area contributed by atoms with Crippen molar-refractivity contribution in [1.29, 1.82) is 0 Å². The summed E-state index contributed by atoms with van der Waals surface area (Å²) >= 11 is 0. The molecule has 2 aromatic carbocycles. The third-order valence-electron chi connectivity index (χ3n) is 4.63. The van der Waals surface area contributed by atoms with Gasteiger partial charge in [0.15, 0.2) is 0 Å². The van der Waals surface area contributed by atoms with Crippen molar-refractivity contribution in [2.45, 2.75) is 19.9 Å². The van der Waals surface area contributed by atoms with Crippen molar-refractivity contribution in [3.05, 3.63) is 65.2 Å². The standard InChI is InChI=1S/C22H25N3O4/c1-16(26)24-20-8-4-17(5-9-20)14-21(27)23-15-18-2-6-19(7-3-18)22(28)25-10-12-29-13-11-25/h2-9H,10-15H2,1H3,(H,23,27)(H,24,26). The Hall–Kier alpha value is -3.19. The first kappa shape index (κ1) is 20.5. The molecule has 2 aromatic rings. The van der Waals surface area contributed by atoms with Crippen molar-refractivity contribution < 1.29 is 19.1 Å². The quantitative estimate of drug-likeness (QED) is 0.783. The maximum Gasteiger partial charge on any atom is 0.254 e. The molecule has 0 spiro atoms. The Morgan fingerprint density at radius 1 is 0.931 bits per heavy atom. The van der Waals surface area contributed by atoms with Gasteiger partial charge < -0.3 is 20.3 Å². The smallest absolute Gasteiger partial charge is 0.254 e. The van der Waals surface area contributed by atoms with E-state index >= 15 is 0 Å². The van der Waals surface area contributed by atoms with Crippen molar-refractivity contribution in [2.24, 2.45) is 0 Å². The molecule has 7 heteroatoms. The van der Waals surface area contributed by atoms with E-state index in [1.165, 1.54) is 6.92 Å². The van der Waals surface area contributed by atoms with E-state index < -0.39 is 0 Å². The maximum atomic E-state index is 12.4. The van der Waals surface area contributed by atoms with Crippen LogP contribution in [0.25, 0.3) is 0 Å². The summed E-state index contributed by atoms with van der Waals surface area (Å²) in [6, 6.07) is 14.5. The lowest BCUT2D eigenvalue weighted by molar-refractivity contribution is -0.120. The molecule has 0 saturated carbocycles. The first-order valence-electron chi connectivity index (χ1n) is 9.60. The predicted octanol–water partition coefficient (Wildman–Crippen LogP) is 1.98. The lowest BCUT2D eigenvalue weighted by Gasteiger charge is -2.26. The highest BCUT2D eigenvalue weighted by Gasteiger charge is 2.18. The zero-order valence-corrected chi connectivity index (χ0v) is 16.4. The Morgan fingerprint density at radius 3 is 2.17 bits per heavy atom. The zero-order valence-electron chi connectivity index (χ0n) is 16.4. The number of morpholine rings is 1. The van der Waals surface area contributed by atoms with Gasteiger partial charge >= 0.3 is 0 Å². The van der Waals surface area contributed by atoms with E-state index in [1.54, 1.807) is 29.2 Å². The number of carbonyl (C=O) groups is 3. The Labute approximate surface area is 170 Å². The second-order valence-electron chi connectivity index (χ2n) is 6.93. The van der Waals surface area contributed by atoms with Crippen LogP contribution in [0.4, 0.5) is 5.69 Å². The average molecular weight is 395 g/mol. The van der Waals surface area contributed by atoms with Gasteiger partial charge in [0.1, 0.15) is 0 Å². The second-order valence-corrected chi connectivity index (χ2v) is 6.93. The highest BCUT2D eigenvalue weighted by Crippen LogP contribution is 2.11. The molecule has 0 aromatic heterocycles. The van der Waals surface area contributed by atoms with Crippen molar-refractivity contribution in [3.8, 4) is 0 Å². The number of benzene rings is 2. The summed E-state index contributed by atoms with van der Waals surface area (Å²) in [7, 11) is 0. The molecule has 1 fully saturated rings. The molecule has 0 bridgehead atoms. The largest absolute Gasteiger partial charge is 0.378 e. The fraction of sp³-hybridized carbons (Fsp3) is 0.318. The number of nitrogens with zero attached hydrogens (tertiary/aromatic N) is 1. The molecule has 0 aliphatic carbocycles.